The van der Waals surface area contributed by atoms with Gasteiger partial charge in [-0.3, -0.25) is 4.98 Å². The molecule has 0 saturated heterocycles. The van der Waals surface area contributed by atoms with Crippen molar-refractivity contribution in [2.45, 2.75) is 36.1 Å². The number of sulfonamides is 1. The maximum atomic E-state index is 12.3. The zero-order chi connectivity index (χ0) is 13.9. The first-order valence-corrected chi connectivity index (χ1v) is 7.59. The van der Waals surface area contributed by atoms with E-state index in [1.165, 1.54) is 18.5 Å². The van der Waals surface area contributed by atoms with E-state index in [-0.39, 0.29) is 29.4 Å². The monoisotopic (exact) mass is 316 g/mol. The number of nitrogens with one attached hydrogen (secondary N) is 1. The van der Waals surface area contributed by atoms with Crippen LogP contribution in [0.3, 0.4) is 0 Å². The van der Waals surface area contributed by atoms with E-state index >= 15 is 0 Å². The lowest BCUT2D eigenvalue weighted by Crippen LogP contribution is -2.51. The van der Waals surface area contributed by atoms with Crippen LogP contribution in [-0.2, 0) is 10.0 Å². The zero-order valence-corrected chi connectivity index (χ0v) is 12.5. The minimum absolute atomic E-state index is 0. The number of pyridine rings is 1. The Hall–Kier alpha value is -1.20. The van der Waals surface area contributed by atoms with Crippen molar-refractivity contribution >= 4 is 22.4 Å². The molecule has 1 aliphatic rings. The number of rotatable bonds is 4. The van der Waals surface area contributed by atoms with Crippen LogP contribution in [0.2, 0.25) is 0 Å². The molecule has 1 aromatic rings. The van der Waals surface area contributed by atoms with Gasteiger partial charge in [0.05, 0.1) is 5.56 Å². The van der Waals surface area contributed by atoms with E-state index in [0.717, 1.165) is 25.7 Å². The maximum Gasteiger partial charge on any atom is 0.242 e. The molecule has 0 unspecified atom stereocenters. The summed E-state index contributed by atoms with van der Waals surface area (Å²) in [5, 5.41) is 8.78. The largest absolute Gasteiger partial charge is 0.329 e. The number of aromatic nitrogens is 1. The third kappa shape index (κ3) is 3.46. The van der Waals surface area contributed by atoms with Crippen LogP contribution in [-0.4, -0.2) is 25.5 Å². The summed E-state index contributed by atoms with van der Waals surface area (Å²) in [5.41, 5.74) is 5.38. The van der Waals surface area contributed by atoms with Crippen molar-refractivity contribution in [1.82, 2.24) is 9.71 Å². The highest BCUT2D eigenvalue weighted by molar-refractivity contribution is 7.89. The second-order valence-electron chi connectivity index (χ2n) is 4.82. The van der Waals surface area contributed by atoms with E-state index in [9.17, 15) is 8.42 Å². The van der Waals surface area contributed by atoms with Crippen LogP contribution in [0.4, 0.5) is 0 Å². The topological polar surface area (TPSA) is 109 Å². The lowest BCUT2D eigenvalue weighted by molar-refractivity contribution is 0.399. The molecular weight excluding hydrogens is 300 g/mol. The molecule has 0 atom stereocenters. The minimum atomic E-state index is -3.69. The molecule has 1 aliphatic carbocycles. The van der Waals surface area contributed by atoms with Crippen LogP contribution >= 0.6 is 12.4 Å². The van der Waals surface area contributed by atoms with E-state index < -0.39 is 15.6 Å². The van der Waals surface area contributed by atoms with Crippen LogP contribution in [0.1, 0.15) is 31.2 Å². The predicted molar refractivity (Wildman–Crippen MR) is 76.8 cm³/mol. The fourth-order valence-electron chi connectivity index (χ4n) is 2.37. The Morgan fingerprint density at radius 1 is 1.40 bits per heavy atom. The van der Waals surface area contributed by atoms with Crippen molar-refractivity contribution < 1.29 is 8.42 Å². The van der Waals surface area contributed by atoms with Gasteiger partial charge in [0.25, 0.3) is 0 Å². The molecule has 0 bridgehead atoms. The molecular formula is C12H17ClN4O2S. The van der Waals surface area contributed by atoms with Crippen molar-refractivity contribution in [3.8, 4) is 6.07 Å². The molecule has 0 radical (unpaired) electrons. The lowest BCUT2D eigenvalue weighted by atomic mass is 10.0. The first-order chi connectivity index (χ1) is 9.01. The molecule has 1 heterocycles. The van der Waals surface area contributed by atoms with Crippen LogP contribution in [0.15, 0.2) is 23.4 Å². The zero-order valence-electron chi connectivity index (χ0n) is 10.9. The molecule has 1 aromatic heterocycles. The number of nitriles is 1. The van der Waals surface area contributed by atoms with Gasteiger partial charge in [-0.1, -0.05) is 12.8 Å². The standard InChI is InChI=1S/C12H16N4O2S.ClH/c13-6-10-5-11(8-15-7-10)19(17,18)16-12(9-14)3-1-2-4-12;/h5,7-8,16H,1-4,9,14H2;1H. The summed E-state index contributed by atoms with van der Waals surface area (Å²) in [5.74, 6) is 0. The molecule has 0 aromatic carbocycles. The maximum absolute atomic E-state index is 12.3. The summed E-state index contributed by atoms with van der Waals surface area (Å²) in [6.07, 6.45) is 5.99. The summed E-state index contributed by atoms with van der Waals surface area (Å²) < 4.78 is 27.3. The molecule has 6 nitrogen and oxygen atoms in total. The van der Waals surface area contributed by atoms with Crippen LogP contribution in [0.5, 0.6) is 0 Å². The second kappa shape index (κ2) is 6.50. The summed E-state index contributed by atoms with van der Waals surface area (Å²) in [6, 6.07) is 3.19. The molecule has 0 aliphatic heterocycles. The van der Waals surface area contributed by atoms with E-state index in [0.29, 0.717) is 0 Å². The fourth-order valence-corrected chi connectivity index (χ4v) is 3.83. The molecule has 1 saturated carbocycles. The Bertz CT molecular complexity index is 606. The summed E-state index contributed by atoms with van der Waals surface area (Å²) >= 11 is 0. The third-order valence-corrected chi connectivity index (χ3v) is 5.00. The number of hydrogen-bond donors (Lipinski definition) is 2. The van der Waals surface area contributed by atoms with Gasteiger partial charge < -0.3 is 5.73 Å². The highest BCUT2D eigenvalue weighted by atomic mass is 35.5. The first-order valence-electron chi connectivity index (χ1n) is 6.11. The first kappa shape index (κ1) is 16.9. The van der Waals surface area contributed by atoms with Gasteiger partial charge in [-0.15, -0.1) is 12.4 Å². The molecule has 2 rings (SSSR count). The van der Waals surface area contributed by atoms with Gasteiger partial charge in [-0.2, -0.15) is 5.26 Å². The Kier molecular flexibility index (Phi) is 5.48. The number of halogens is 1. The fraction of sp³-hybridized carbons (Fsp3) is 0.500. The smallest absolute Gasteiger partial charge is 0.242 e. The van der Waals surface area contributed by atoms with Crippen molar-refractivity contribution in [2.24, 2.45) is 5.73 Å². The molecule has 0 spiro atoms. The number of hydrogen-bond acceptors (Lipinski definition) is 5. The molecule has 0 amide bonds. The van der Waals surface area contributed by atoms with Gasteiger partial charge in [0.1, 0.15) is 11.0 Å². The lowest BCUT2D eigenvalue weighted by Gasteiger charge is -2.28. The molecule has 1 fully saturated rings. The SMILES string of the molecule is Cl.N#Cc1cncc(S(=O)(=O)NC2(CN)CCCC2)c1. The van der Waals surface area contributed by atoms with Crippen LogP contribution < -0.4 is 10.5 Å². The highest BCUT2D eigenvalue weighted by Gasteiger charge is 2.36. The van der Waals surface area contributed by atoms with Crippen LogP contribution in [0.25, 0.3) is 0 Å². The predicted octanol–water partition coefficient (Wildman–Crippen LogP) is 0.925. The highest BCUT2D eigenvalue weighted by Crippen LogP contribution is 2.30. The van der Waals surface area contributed by atoms with E-state index in [4.69, 9.17) is 11.0 Å². The normalized spacial score (nSPS) is 17.2. The van der Waals surface area contributed by atoms with Gasteiger partial charge in [0.15, 0.2) is 0 Å². The Morgan fingerprint density at radius 2 is 2.05 bits per heavy atom. The molecule has 110 valence electrons. The number of nitrogens with zero attached hydrogens (tertiary/aromatic N) is 2. The Morgan fingerprint density at radius 3 is 2.60 bits per heavy atom. The summed E-state index contributed by atoms with van der Waals surface area (Å²) in [7, 11) is -3.69. The minimum Gasteiger partial charge on any atom is -0.329 e. The van der Waals surface area contributed by atoms with Crippen LogP contribution in [0, 0.1) is 11.3 Å². The van der Waals surface area contributed by atoms with Gasteiger partial charge >= 0.3 is 0 Å². The van der Waals surface area contributed by atoms with Crippen molar-refractivity contribution in [3.05, 3.63) is 24.0 Å². The summed E-state index contributed by atoms with van der Waals surface area (Å²) in [4.78, 5) is 3.78. The molecule has 8 heteroatoms. The van der Waals surface area contributed by atoms with Crippen molar-refractivity contribution in [2.75, 3.05) is 6.54 Å². The number of nitrogens with two attached hydrogens (primary N) is 1. The quantitative estimate of drug-likeness (QED) is 0.858. The molecule has 20 heavy (non-hydrogen) atoms. The second-order valence-corrected chi connectivity index (χ2v) is 6.50. The van der Waals surface area contributed by atoms with Gasteiger partial charge in [-0.25, -0.2) is 13.1 Å². The average Bonchev–Trinajstić information content (AvgIpc) is 2.87. The third-order valence-electron chi connectivity index (χ3n) is 3.45. The van der Waals surface area contributed by atoms with E-state index in [1.807, 2.05) is 6.07 Å². The van der Waals surface area contributed by atoms with E-state index in [2.05, 4.69) is 9.71 Å². The Balaban J connectivity index is 0.00000200. The summed E-state index contributed by atoms with van der Waals surface area (Å²) in [6.45, 7) is 0.275. The molecule has 3 N–H and O–H groups in total. The Labute approximate surface area is 124 Å². The van der Waals surface area contributed by atoms with Gasteiger partial charge in [0.2, 0.25) is 10.0 Å². The van der Waals surface area contributed by atoms with E-state index in [1.54, 1.807) is 0 Å². The van der Waals surface area contributed by atoms with Gasteiger partial charge in [0, 0.05) is 24.5 Å². The average molecular weight is 317 g/mol. The van der Waals surface area contributed by atoms with Crippen molar-refractivity contribution in [3.63, 3.8) is 0 Å². The van der Waals surface area contributed by atoms with Gasteiger partial charge in [-0.05, 0) is 18.9 Å². The van der Waals surface area contributed by atoms with Crippen molar-refractivity contribution in [1.29, 1.82) is 5.26 Å².